The van der Waals surface area contributed by atoms with Gasteiger partial charge in [0.1, 0.15) is 17.1 Å². The molecule has 0 aliphatic carbocycles. The second kappa shape index (κ2) is 8.51. The Balaban J connectivity index is 1.95. The highest BCUT2D eigenvalue weighted by atomic mass is 35.5. The van der Waals surface area contributed by atoms with E-state index in [0.29, 0.717) is 27.9 Å². The average molecular weight is 422 g/mol. The van der Waals surface area contributed by atoms with E-state index < -0.39 is 0 Å². The van der Waals surface area contributed by atoms with Gasteiger partial charge in [-0.1, -0.05) is 17.7 Å². The molecule has 152 valence electrons. The first-order valence-corrected chi connectivity index (χ1v) is 9.63. The number of rotatable bonds is 5. The van der Waals surface area contributed by atoms with Crippen molar-refractivity contribution in [1.29, 1.82) is 0 Å². The Hall–Kier alpha value is -3.44. The number of fused-ring (bicyclic) bond motifs is 1. The predicted octanol–water partition coefficient (Wildman–Crippen LogP) is 6.01. The lowest BCUT2D eigenvalue weighted by Crippen LogP contribution is -2.03. The number of halogens is 1. The summed E-state index contributed by atoms with van der Waals surface area (Å²) < 4.78 is 22.2. The van der Waals surface area contributed by atoms with Crippen molar-refractivity contribution < 1.29 is 18.6 Å². The normalized spacial score (nSPS) is 11.5. The van der Waals surface area contributed by atoms with Crippen molar-refractivity contribution in [3.05, 3.63) is 77.1 Å². The molecule has 0 atom stereocenters. The zero-order valence-corrected chi connectivity index (χ0v) is 17.6. The third-order valence-corrected chi connectivity index (χ3v) is 4.91. The minimum absolute atomic E-state index is 0.610. The van der Waals surface area contributed by atoms with E-state index in [9.17, 15) is 0 Å². The predicted molar refractivity (Wildman–Crippen MR) is 118 cm³/mol. The SMILES string of the molecule is COc1cccc(N=c2cc(-c3ccc(OC)c(OC)c3)oc3ccc(Cl)cc23)c1. The number of ether oxygens (including phenoxy) is 3. The summed E-state index contributed by atoms with van der Waals surface area (Å²) in [6, 6.07) is 20.6. The molecule has 4 rings (SSSR count). The lowest BCUT2D eigenvalue weighted by molar-refractivity contribution is 0.355. The van der Waals surface area contributed by atoms with Gasteiger partial charge in [-0.3, -0.25) is 0 Å². The molecular weight excluding hydrogens is 402 g/mol. The van der Waals surface area contributed by atoms with Crippen LogP contribution >= 0.6 is 11.6 Å². The highest BCUT2D eigenvalue weighted by Gasteiger charge is 2.11. The summed E-state index contributed by atoms with van der Waals surface area (Å²) in [6.45, 7) is 0. The summed E-state index contributed by atoms with van der Waals surface area (Å²) in [5, 5.41) is 2.16. The Morgan fingerprint density at radius 1 is 0.800 bits per heavy atom. The first-order valence-electron chi connectivity index (χ1n) is 9.26. The van der Waals surface area contributed by atoms with Crippen molar-refractivity contribution in [3.63, 3.8) is 0 Å². The van der Waals surface area contributed by atoms with Crippen molar-refractivity contribution in [2.24, 2.45) is 4.99 Å². The molecule has 5 nitrogen and oxygen atoms in total. The summed E-state index contributed by atoms with van der Waals surface area (Å²) in [4.78, 5) is 4.83. The summed E-state index contributed by atoms with van der Waals surface area (Å²) in [5.41, 5.74) is 2.28. The first-order chi connectivity index (χ1) is 14.6. The van der Waals surface area contributed by atoms with Gasteiger partial charge in [-0.2, -0.15) is 0 Å². The number of hydrogen-bond acceptors (Lipinski definition) is 5. The Morgan fingerprint density at radius 3 is 2.40 bits per heavy atom. The third kappa shape index (κ3) is 3.98. The first kappa shape index (κ1) is 19.9. The number of benzene rings is 3. The van der Waals surface area contributed by atoms with Gasteiger partial charge >= 0.3 is 0 Å². The molecule has 0 amide bonds. The molecule has 1 heterocycles. The smallest absolute Gasteiger partial charge is 0.161 e. The van der Waals surface area contributed by atoms with Gasteiger partial charge < -0.3 is 18.6 Å². The van der Waals surface area contributed by atoms with Crippen LogP contribution in [0.15, 0.2) is 76.1 Å². The van der Waals surface area contributed by atoms with Crippen molar-refractivity contribution in [1.82, 2.24) is 0 Å². The minimum Gasteiger partial charge on any atom is -0.497 e. The number of methoxy groups -OCH3 is 3. The van der Waals surface area contributed by atoms with E-state index in [1.165, 1.54) is 0 Å². The summed E-state index contributed by atoms with van der Waals surface area (Å²) in [5.74, 6) is 2.65. The second-order valence-corrected chi connectivity index (χ2v) is 6.96. The van der Waals surface area contributed by atoms with Crippen LogP contribution in [0, 0.1) is 0 Å². The van der Waals surface area contributed by atoms with Gasteiger partial charge in [0.05, 0.1) is 32.4 Å². The standard InChI is InChI=1S/C24H20ClNO4/c1-27-18-6-4-5-17(13-18)26-20-14-23(30-21-10-8-16(25)12-19(20)21)15-7-9-22(28-2)24(11-15)29-3/h4-14H,1-3H3. The fourth-order valence-corrected chi connectivity index (χ4v) is 3.36. The van der Waals surface area contributed by atoms with Crippen LogP contribution in [0.25, 0.3) is 22.3 Å². The lowest BCUT2D eigenvalue weighted by atomic mass is 10.1. The lowest BCUT2D eigenvalue weighted by Gasteiger charge is -2.10. The fourth-order valence-electron chi connectivity index (χ4n) is 3.18. The highest BCUT2D eigenvalue weighted by Crippen LogP contribution is 2.33. The van der Waals surface area contributed by atoms with Crippen LogP contribution in [0.5, 0.6) is 17.2 Å². The van der Waals surface area contributed by atoms with Crippen LogP contribution in [0.2, 0.25) is 5.02 Å². The van der Waals surface area contributed by atoms with Gasteiger partial charge in [0, 0.05) is 28.1 Å². The van der Waals surface area contributed by atoms with Gasteiger partial charge in [0.25, 0.3) is 0 Å². The number of nitrogens with zero attached hydrogens (tertiary/aromatic N) is 1. The van der Waals surface area contributed by atoms with E-state index in [2.05, 4.69) is 0 Å². The quantitative estimate of drug-likeness (QED) is 0.396. The monoisotopic (exact) mass is 421 g/mol. The summed E-state index contributed by atoms with van der Waals surface area (Å²) in [6.07, 6.45) is 0. The van der Waals surface area contributed by atoms with Crippen molar-refractivity contribution in [2.75, 3.05) is 21.3 Å². The van der Waals surface area contributed by atoms with Gasteiger partial charge in [0.2, 0.25) is 0 Å². The van der Waals surface area contributed by atoms with Crippen LogP contribution in [0.4, 0.5) is 5.69 Å². The Morgan fingerprint density at radius 2 is 1.63 bits per heavy atom. The zero-order valence-electron chi connectivity index (χ0n) is 16.8. The summed E-state index contributed by atoms with van der Waals surface area (Å²) in [7, 11) is 4.84. The van der Waals surface area contributed by atoms with E-state index >= 15 is 0 Å². The molecule has 0 fully saturated rings. The van der Waals surface area contributed by atoms with Crippen molar-refractivity contribution in [2.45, 2.75) is 0 Å². The second-order valence-electron chi connectivity index (χ2n) is 6.52. The molecule has 0 saturated carbocycles. The van der Waals surface area contributed by atoms with Gasteiger partial charge in [0.15, 0.2) is 11.5 Å². The highest BCUT2D eigenvalue weighted by molar-refractivity contribution is 6.31. The minimum atomic E-state index is 0.610. The summed E-state index contributed by atoms with van der Waals surface area (Å²) >= 11 is 6.24. The number of hydrogen-bond donors (Lipinski definition) is 0. The van der Waals surface area contributed by atoms with Crippen molar-refractivity contribution >= 4 is 28.3 Å². The van der Waals surface area contributed by atoms with Crippen LogP contribution in [0.3, 0.4) is 0 Å². The molecule has 6 heteroatoms. The Kier molecular flexibility index (Phi) is 5.63. The maximum Gasteiger partial charge on any atom is 0.161 e. The molecular formula is C24H20ClNO4. The van der Waals surface area contributed by atoms with E-state index in [0.717, 1.165) is 27.7 Å². The maximum absolute atomic E-state index is 6.24. The van der Waals surface area contributed by atoms with E-state index in [-0.39, 0.29) is 0 Å². The van der Waals surface area contributed by atoms with E-state index in [1.807, 2.05) is 60.7 Å². The van der Waals surface area contributed by atoms with E-state index in [4.69, 9.17) is 35.2 Å². The van der Waals surface area contributed by atoms with Gasteiger partial charge in [-0.05, 0) is 48.5 Å². The van der Waals surface area contributed by atoms with Crippen LogP contribution in [-0.2, 0) is 0 Å². The molecule has 0 bridgehead atoms. The Bertz CT molecular complexity index is 1280. The molecule has 4 aromatic rings. The molecule has 0 saturated heterocycles. The van der Waals surface area contributed by atoms with E-state index in [1.54, 1.807) is 27.4 Å². The molecule has 0 N–H and O–H groups in total. The third-order valence-electron chi connectivity index (χ3n) is 4.68. The zero-order chi connectivity index (χ0) is 21.1. The van der Waals surface area contributed by atoms with Crippen LogP contribution < -0.4 is 19.6 Å². The molecule has 0 aliphatic heterocycles. The molecule has 1 aromatic heterocycles. The Labute approximate surface area is 179 Å². The molecule has 0 spiro atoms. The van der Waals surface area contributed by atoms with Crippen molar-refractivity contribution in [3.8, 4) is 28.6 Å². The van der Waals surface area contributed by atoms with Crippen LogP contribution in [0.1, 0.15) is 0 Å². The molecule has 3 aromatic carbocycles. The van der Waals surface area contributed by atoms with Gasteiger partial charge in [-0.15, -0.1) is 0 Å². The molecule has 0 aliphatic rings. The largest absolute Gasteiger partial charge is 0.497 e. The van der Waals surface area contributed by atoms with Crippen LogP contribution in [-0.4, -0.2) is 21.3 Å². The maximum atomic E-state index is 6.24. The average Bonchev–Trinajstić information content (AvgIpc) is 2.78. The molecule has 0 unspecified atom stereocenters. The fraction of sp³-hybridized carbons (Fsp3) is 0.125. The molecule has 0 radical (unpaired) electrons. The van der Waals surface area contributed by atoms with Gasteiger partial charge in [-0.25, -0.2) is 4.99 Å². The molecule has 30 heavy (non-hydrogen) atoms. The topological polar surface area (TPSA) is 53.2 Å².